The SMILES string of the molecule is [2H]CN(Cc1ccc(Br)s1)[C@@H](C)C(=O)OC. The molecule has 15 heavy (non-hydrogen) atoms. The van der Waals surface area contributed by atoms with Gasteiger partial charge in [0.15, 0.2) is 0 Å². The van der Waals surface area contributed by atoms with E-state index in [0.717, 1.165) is 8.66 Å². The number of esters is 1. The first-order valence-corrected chi connectivity index (χ1v) is 6.04. The molecule has 84 valence electrons. The summed E-state index contributed by atoms with van der Waals surface area (Å²) in [6.45, 7) is 2.35. The van der Waals surface area contributed by atoms with Crippen LogP contribution >= 0.6 is 27.3 Å². The minimum absolute atomic E-state index is 0.0752. The van der Waals surface area contributed by atoms with Crippen molar-refractivity contribution in [3.8, 4) is 0 Å². The van der Waals surface area contributed by atoms with Gasteiger partial charge in [-0.2, -0.15) is 0 Å². The van der Waals surface area contributed by atoms with Gasteiger partial charge in [-0.15, -0.1) is 11.3 Å². The van der Waals surface area contributed by atoms with Gasteiger partial charge in [0.05, 0.1) is 10.9 Å². The topological polar surface area (TPSA) is 29.5 Å². The summed E-state index contributed by atoms with van der Waals surface area (Å²) in [6.07, 6.45) is 0. The normalized spacial score (nSPS) is 13.7. The lowest BCUT2D eigenvalue weighted by Gasteiger charge is -2.21. The highest BCUT2D eigenvalue weighted by Gasteiger charge is 2.18. The van der Waals surface area contributed by atoms with Crippen molar-refractivity contribution in [3.63, 3.8) is 0 Å². The van der Waals surface area contributed by atoms with Gasteiger partial charge in [0, 0.05) is 12.8 Å². The van der Waals surface area contributed by atoms with Gasteiger partial charge in [-0.05, 0) is 42.0 Å². The van der Waals surface area contributed by atoms with Crippen LogP contribution in [0.2, 0.25) is 0 Å². The van der Waals surface area contributed by atoms with Gasteiger partial charge in [-0.1, -0.05) is 0 Å². The summed E-state index contributed by atoms with van der Waals surface area (Å²) in [5.74, 6) is -0.303. The molecular weight excluding hydrogens is 278 g/mol. The molecule has 0 aliphatic rings. The maximum Gasteiger partial charge on any atom is 0.322 e. The molecule has 0 N–H and O–H groups in total. The van der Waals surface area contributed by atoms with E-state index in [0.29, 0.717) is 6.54 Å². The molecule has 1 aromatic heterocycles. The predicted octanol–water partition coefficient (Wildman–Crippen LogP) is 2.50. The molecule has 0 amide bonds. The number of hydrogen-bond donors (Lipinski definition) is 0. The molecule has 0 aliphatic carbocycles. The van der Waals surface area contributed by atoms with Crippen molar-refractivity contribution in [1.82, 2.24) is 4.90 Å². The molecule has 0 spiro atoms. The third-order valence-electron chi connectivity index (χ3n) is 2.08. The van der Waals surface area contributed by atoms with Gasteiger partial charge in [0.1, 0.15) is 6.04 Å². The van der Waals surface area contributed by atoms with Gasteiger partial charge < -0.3 is 4.74 Å². The molecule has 0 bridgehead atoms. The highest BCUT2D eigenvalue weighted by atomic mass is 79.9. The van der Waals surface area contributed by atoms with Gasteiger partial charge >= 0.3 is 5.97 Å². The lowest BCUT2D eigenvalue weighted by molar-refractivity contribution is -0.145. The van der Waals surface area contributed by atoms with Gasteiger partial charge in [-0.3, -0.25) is 9.69 Å². The summed E-state index contributed by atoms with van der Waals surface area (Å²) in [6, 6.07) is 3.56. The van der Waals surface area contributed by atoms with Crippen molar-refractivity contribution < 1.29 is 10.9 Å². The summed E-state index contributed by atoms with van der Waals surface area (Å²) in [7, 11) is 1.44. The quantitative estimate of drug-likeness (QED) is 0.799. The predicted molar refractivity (Wildman–Crippen MR) is 65.0 cm³/mol. The summed E-state index contributed by atoms with van der Waals surface area (Å²) in [5, 5.41) is 0. The zero-order chi connectivity index (χ0) is 12.1. The van der Waals surface area contributed by atoms with Crippen LogP contribution in [0.4, 0.5) is 0 Å². The Hall–Kier alpha value is -0.390. The van der Waals surface area contributed by atoms with Crippen molar-refractivity contribution in [2.75, 3.05) is 14.1 Å². The van der Waals surface area contributed by atoms with E-state index >= 15 is 0 Å². The Morgan fingerprint density at radius 2 is 2.53 bits per heavy atom. The average molecular weight is 293 g/mol. The minimum Gasteiger partial charge on any atom is -0.468 e. The smallest absolute Gasteiger partial charge is 0.322 e. The monoisotopic (exact) mass is 292 g/mol. The molecule has 0 fully saturated rings. The van der Waals surface area contributed by atoms with Crippen molar-refractivity contribution in [2.24, 2.45) is 0 Å². The summed E-state index contributed by atoms with van der Waals surface area (Å²) >= 11 is 4.99. The largest absolute Gasteiger partial charge is 0.468 e. The Morgan fingerprint density at radius 1 is 1.80 bits per heavy atom. The Labute approximate surface area is 104 Å². The average Bonchev–Trinajstić information content (AvgIpc) is 2.69. The maximum absolute atomic E-state index is 11.4. The van der Waals surface area contributed by atoms with Crippen LogP contribution in [0.3, 0.4) is 0 Å². The molecule has 1 heterocycles. The van der Waals surface area contributed by atoms with E-state index in [9.17, 15) is 4.79 Å². The molecule has 0 unspecified atom stereocenters. The van der Waals surface area contributed by atoms with Crippen LogP contribution in [0, 0.1) is 0 Å². The molecule has 1 rings (SSSR count). The van der Waals surface area contributed by atoms with E-state index in [4.69, 9.17) is 1.37 Å². The number of likely N-dealkylation sites (N-methyl/N-ethyl adjacent to an activating group) is 1. The number of methoxy groups -OCH3 is 1. The molecular formula is C10H14BrNO2S. The molecule has 1 aromatic rings. The Kier molecular flexibility index (Phi) is 4.17. The van der Waals surface area contributed by atoms with E-state index in [1.807, 2.05) is 12.1 Å². The van der Waals surface area contributed by atoms with E-state index in [-0.39, 0.29) is 19.0 Å². The molecule has 0 saturated carbocycles. The number of thiophene rings is 1. The second-order valence-corrected chi connectivity index (χ2v) is 5.70. The van der Waals surface area contributed by atoms with Crippen molar-refractivity contribution in [1.29, 1.82) is 0 Å². The standard InChI is InChI=1S/C10H14BrNO2S/c1-7(10(13)14-3)12(2)6-8-4-5-9(11)15-8/h4-5,7H,6H2,1-3H3/t7-/m0/s1/i2D. The van der Waals surface area contributed by atoms with Crippen LogP contribution in [0.5, 0.6) is 0 Å². The fraction of sp³-hybridized carbons (Fsp3) is 0.500. The summed E-state index contributed by atoms with van der Waals surface area (Å²) in [4.78, 5) is 14.2. The Balaban J connectivity index is 2.64. The lowest BCUT2D eigenvalue weighted by atomic mass is 10.3. The van der Waals surface area contributed by atoms with Crippen LogP contribution < -0.4 is 0 Å². The number of carbonyl (C=O) groups is 1. The number of halogens is 1. The number of hydrogen-bond acceptors (Lipinski definition) is 4. The van der Waals surface area contributed by atoms with Crippen LogP contribution in [-0.4, -0.2) is 31.0 Å². The Bertz CT molecular complexity index is 358. The number of carbonyl (C=O) groups excluding carboxylic acids is 1. The Morgan fingerprint density at radius 3 is 3.00 bits per heavy atom. The summed E-state index contributed by atoms with van der Waals surface area (Å²) in [5.41, 5.74) is 0. The second-order valence-electron chi connectivity index (χ2n) is 3.15. The molecule has 0 aromatic carbocycles. The molecule has 5 heteroatoms. The second kappa shape index (κ2) is 5.63. The maximum atomic E-state index is 11.4. The highest BCUT2D eigenvalue weighted by Crippen LogP contribution is 2.23. The number of nitrogens with zero attached hydrogens (tertiary/aromatic N) is 1. The van der Waals surface area contributed by atoms with E-state index < -0.39 is 0 Å². The molecule has 0 radical (unpaired) electrons. The lowest BCUT2D eigenvalue weighted by Crippen LogP contribution is -2.36. The van der Waals surface area contributed by atoms with Crippen LogP contribution in [0.25, 0.3) is 0 Å². The van der Waals surface area contributed by atoms with Gasteiger partial charge in [0.2, 0.25) is 0 Å². The van der Waals surface area contributed by atoms with E-state index in [2.05, 4.69) is 20.7 Å². The van der Waals surface area contributed by atoms with Crippen molar-refractivity contribution in [2.45, 2.75) is 19.5 Å². The third kappa shape index (κ3) is 3.59. The first-order valence-electron chi connectivity index (χ1n) is 5.14. The fourth-order valence-corrected chi connectivity index (χ4v) is 2.60. The third-order valence-corrected chi connectivity index (χ3v) is 3.69. The molecule has 3 nitrogen and oxygen atoms in total. The van der Waals surface area contributed by atoms with Crippen LogP contribution in [0.15, 0.2) is 15.9 Å². The minimum atomic E-state index is -0.386. The van der Waals surface area contributed by atoms with Crippen LogP contribution in [-0.2, 0) is 16.1 Å². The number of ether oxygens (including phenoxy) is 1. The first-order chi connectivity index (χ1) is 7.58. The first kappa shape index (κ1) is 11.1. The zero-order valence-corrected chi connectivity index (χ0v) is 11.1. The van der Waals surface area contributed by atoms with E-state index in [1.54, 1.807) is 23.2 Å². The van der Waals surface area contributed by atoms with Crippen molar-refractivity contribution in [3.05, 3.63) is 20.8 Å². The van der Waals surface area contributed by atoms with Gasteiger partial charge in [-0.25, -0.2) is 0 Å². The molecule has 0 aliphatic heterocycles. The highest BCUT2D eigenvalue weighted by molar-refractivity contribution is 9.11. The van der Waals surface area contributed by atoms with Crippen LogP contribution in [0.1, 0.15) is 13.2 Å². The zero-order valence-electron chi connectivity index (χ0n) is 9.70. The van der Waals surface area contributed by atoms with E-state index in [1.165, 1.54) is 7.11 Å². The fourth-order valence-electron chi connectivity index (χ4n) is 1.09. The summed E-state index contributed by atoms with van der Waals surface area (Å²) < 4.78 is 13.1. The van der Waals surface area contributed by atoms with Gasteiger partial charge in [0.25, 0.3) is 0 Å². The molecule has 0 saturated heterocycles. The van der Waals surface area contributed by atoms with Crippen molar-refractivity contribution >= 4 is 33.2 Å². The number of rotatable bonds is 4. The molecule has 1 atom stereocenters.